The Morgan fingerprint density at radius 3 is 2.64 bits per heavy atom. The summed E-state index contributed by atoms with van der Waals surface area (Å²) in [7, 11) is 0. The number of amides is 2. The smallest absolute Gasteiger partial charge is 0.315 e. The van der Waals surface area contributed by atoms with Gasteiger partial charge in [0.2, 0.25) is 0 Å². The molecule has 0 aliphatic rings. The van der Waals surface area contributed by atoms with Crippen LogP contribution in [0.15, 0.2) is 48.5 Å². The lowest BCUT2D eigenvalue weighted by Crippen LogP contribution is -2.35. The van der Waals surface area contributed by atoms with E-state index in [1.807, 2.05) is 12.1 Å². The Labute approximate surface area is 147 Å². The molecule has 2 N–H and O–H groups in total. The SMILES string of the molecule is O=C(NCc1ccc(Cl)cc1)NCc1nnnn1-c1cccc(F)c1. The number of hydrogen-bond acceptors (Lipinski definition) is 4. The summed E-state index contributed by atoms with van der Waals surface area (Å²) in [5.41, 5.74) is 1.40. The number of rotatable bonds is 5. The van der Waals surface area contributed by atoms with Gasteiger partial charge in [0.1, 0.15) is 5.82 Å². The van der Waals surface area contributed by atoms with Gasteiger partial charge in [0.25, 0.3) is 0 Å². The van der Waals surface area contributed by atoms with E-state index < -0.39 is 5.82 Å². The molecule has 1 heterocycles. The zero-order valence-corrected chi connectivity index (χ0v) is 13.7. The van der Waals surface area contributed by atoms with E-state index in [4.69, 9.17) is 11.6 Å². The zero-order valence-electron chi connectivity index (χ0n) is 13.0. The second-order valence-electron chi connectivity index (χ2n) is 5.15. The van der Waals surface area contributed by atoms with Gasteiger partial charge in [-0.1, -0.05) is 29.8 Å². The molecule has 0 bridgehead atoms. The first kappa shape index (κ1) is 16.8. The molecule has 0 fully saturated rings. The number of carbonyl (C=O) groups excluding carboxylic acids is 1. The minimum absolute atomic E-state index is 0.0932. The van der Waals surface area contributed by atoms with Crippen molar-refractivity contribution in [1.82, 2.24) is 30.8 Å². The molecule has 0 atom stereocenters. The maximum atomic E-state index is 13.3. The molecule has 128 valence electrons. The number of urea groups is 1. The molecule has 25 heavy (non-hydrogen) atoms. The highest BCUT2D eigenvalue weighted by Crippen LogP contribution is 2.10. The molecule has 0 saturated carbocycles. The van der Waals surface area contributed by atoms with Gasteiger partial charge < -0.3 is 10.6 Å². The number of aromatic nitrogens is 4. The van der Waals surface area contributed by atoms with Gasteiger partial charge in [-0.15, -0.1) is 5.10 Å². The van der Waals surface area contributed by atoms with Crippen molar-refractivity contribution in [2.45, 2.75) is 13.1 Å². The number of tetrazole rings is 1. The lowest BCUT2D eigenvalue weighted by Gasteiger charge is -2.08. The Balaban J connectivity index is 1.56. The molecule has 0 radical (unpaired) electrons. The normalized spacial score (nSPS) is 10.5. The summed E-state index contributed by atoms with van der Waals surface area (Å²) >= 11 is 5.81. The largest absolute Gasteiger partial charge is 0.334 e. The number of hydrogen-bond donors (Lipinski definition) is 2. The first-order valence-electron chi connectivity index (χ1n) is 7.41. The minimum atomic E-state index is -0.396. The van der Waals surface area contributed by atoms with Crippen LogP contribution in [0.5, 0.6) is 0 Å². The van der Waals surface area contributed by atoms with Crippen LogP contribution in [0.2, 0.25) is 5.02 Å². The summed E-state index contributed by atoms with van der Waals surface area (Å²) in [6.45, 7) is 0.452. The van der Waals surface area contributed by atoms with Crippen LogP contribution in [0.25, 0.3) is 5.69 Å². The van der Waals surface area contributed by atoms with Crippen molar-refractivity contribution in [2.24, 2.45) is 0 Å². The molecule has 0 aliphatic carbocycles. The molecule has 0 unspecified atom stereocenters. The predicted molar refractivity (Wildman–Crippen MR) is 89.6 cm³/mol. The van der Waals surface area contributed by atoms with E-state index in [0.29, 0.717) is 23.1 Å². The maximum Gasteiger partial charge on any atom is 0.315 e. The quantitative estimate of drug-likeness (QED) is 0.732. The molecule has 7 nitrogen and oxygen atoms in total. The van der Waals surface area contributed by atoms with Gasteiger partial charge in [0, 0.05) is 11.6 Å². The highest BCUT2D eigenvalue weighted by molar-refractivity contribution is 6.30. The number of nitrogens with zero attached hydrogens (tertiary/aromatic N) is 4. The van der Waals surface area contributed by atoms with E-state index in [1.165, 1.54) is 16.8 Å². The van der Waals surface area contributed by atoms with Gasteiger partial charge in [-0.05, 0) is 46.3 Å². The molecule has 2 aromatic carbocycles. The Kier molecular flexibility index (Phi) is 5.20. The number of benzene rings is 2. The molecule has 1 aromatic heterocycles. The molecular formula is C16H14ClFN6O. The zero-order chi connectivity index (χ0) is 17.6. The monoisotopic (exact) mass is 360 g/mol. The van der Waals surface area contributed by atoms with Crippen molar-refractivity contribution in [1.29, 1.82) is 0 Å². The topological polar surface area (TPSA) is 84.7 Å². The van der Waals surface area contributed by atoms with Crippen LogP contribution >= 0.6 is 11.6 Å². The molecular weight excluding hydrogens is 347 g/mol. The Hall–Kier alpha value is -3.00. The second-order valence-corrected chi connectivity index (χ2v) is 5.59. The molecule has 9 heteroatoms. The highest BCUT2D eigenvalue weighted by atomic mass is 35.5. The molecule has 2 amide bonds. The summed E-state index contributed by atoms with van der Waals surface area (Å²) in [6.07, 6.45) is 0. The van der Waals surface area contributed by atoms with E-state index in [9.17, 15) is 9.18 Å². The van der Waals surface area contributed by atoms with Gasteiger partial charge in [-0.25, -0.2) is 9.18 Å². The van der Waals surface area contributed by atoms with Crippen molar-refractivity contribution in [3.05, 3.63) is 70.8 Å². The third-order valence-electron chi connectivity index (χ3n) is 3.36. The van der Waals surface area contributed by atoms with E-state index in [1.54, 1.807) is 24.3 Å². The van der Waals surface area contributed by atoms with Crippen molar-refractivity contribution >= 4 is 17.6 Å². The Morgan fingerprint density at radius 2 is 1.88 bits per heavy atom. The molecule has 3 aromatic rings. The van der Waals surface area contributed by atoms with Gasteiger partial charge >= 0.3 is 6.03 Å². The fraction of sp³-hybridized carbons (Fsp3) is 0.125. The maximum absolute atomic E-state index is 13.3. The third kappa shape index (κ3) is 4.51. The van der Waals surface area contributed by atoms with E-state index in [-0.39, 0.29) is 12.6 Å². The van der Waals surface area contributed by atoms with Gasteiger partial charge in [-0.3, -0.25) is 0 Å². The first-order chi connectivity index (χ1) is 12.1. The molecule has 0 aliphatic heterocycles. The van der Waals surface area contributed by atoms with E-state index in [0.717, 1.165) is 5.56 Å². The summed E-state index contributed by atoms with van der Waals surface area (Å²) < 4.78 is 14.7. The lowest BCUT2D eigenvalue weighted by atomic mass is 10.2. The Morgan fingerprint density at radius 1 is 1.12 bits per heavy atom. The highest BCUT2D eigenvalue weighted by Gasteiger charge is 2.10. The minimum Gasteiger partial charge on any atom is -0.334 e. The van der Waals surface area contributed by atoms with Gasteiger partial charge in [0.15, 0.2) is 5.82 Å². The first-order valence-corrected chi connectivity index (χ1v) is 7.79. The van der Waals surface area contributed by atoms with Crippen LogP contribution in [0.4, 0.5) is 9.18 Å². The fourth-order valence-corrected chi connectivity index (χ4v) is 2.26. The standard InChI is InChI=1S/C16H14ClFN6O/c17-12-6-4-11(5-7-12)9-19-16(25)20-10-15-21-22-23-24(15)14-3-1-2-13(18)8-14/h1-8H,9-10H2,(H2,19,20,25). The van der Waals surface area contributed by atoms with E-state index >= 15 is 0 Å². The Bertz CT molecular complexity index is 867. The number of nitrogens with one attached hydrogen (secondary N) is 2. The molecule has 0 saturated heterocycles. The number of halogens is 2. The van der Waals surface area contributed by atoms with E-state index in [2.05, 4.69) is 26.2 Å². The van der Waals surface area contributed by atoms with Crippen LogP contribution in [0, 0.1) is 5.82 Å². The average Bonchev–Trinajstić information content (AvgIpc) is 3.08. The summed E-state index contributed by atoms with van der Waals surface area (Å²) in [6, 6.07) is 12.7. The van der Waals surface area contributed by atoms with Gasteiger partial charge in [0.05, 0.1) is 12.2 Å². The van der Waals surface area contributed by atoms with Crippen molar-refractivity contribution in [3.8, 4) is 5.69 Å². The van der Waals surface area contributed by atoms with Crippen LogP contribution in [-0.2, 0) is 13.1 Å². The summed E-state index contributed by atoms with van der Waals surface area (Å²) in [4.78, 5) is 11.9. The van der Waals surface area contributed by atoms with Crippen LogP contribution < -0.4 is 10.6 Å². The molecule has 0 spiro atoms. The number of carbonyl (C=O) groups is 1. The predicted octanol–water partition coefficient (Wildman–Crippen LogP) is 2.45. The van der Waals surface area contributed by atoms with Crippen molar-refractivity contribution in [2.75, 3.05) is 0 Å². The average molecular weight is 361 g/mol. The van der Waals surface area contributed by atoms with Crippen LogP contribution in [0.1, 0.15) is 11.4 Å². The van der Waals surface area contributed by atoms with Crippen molar-refractivity contribution < 1.29 is 9.18 Å². The summed E-state index contributed by atoms with van der Waals surface area (Å²) in [5, 5.41) is 17.2. The van der Waals surface area contributed by atoms with Crippen LogP contribution in [0.3, 0.4) is 0 Å². The van der Waals surface area contributed by atoms with Crippen LogP contribution in [-0.4, -0.2) is 26.2 Å². The van der Waals surface area contributed by atoms with Crippen molar-refractivity contribution in [3.63, 3.8) is 0 Å². The molecule has 3 rings (SSSR count). The van der Waals surface area contributed by atoms with Gasteiger partial charge in [-0.2, -0.15) is 4.68 Å². The third-order valence-corrected chi connectivity index (χ3v) is 3.61. The summed E-state index contributed by atoms with van der Waals surface area (Å²) in [5.74, 6) is -0.0140. The second kappa shape index (κ2) is 7.71. The fourth-order valence-electron chi connectivity index (χ4n) is 2.13. The lowest BCUT2D eigenvalue weighted by molar-refractivity contribution is 0.240.